The first-order valence-electron chi connectivity index (χ1n) is 6.34. The Kier molecular flexibility index (Phi) is 6.87. The van der Waals surface area contributed by atoms with Crippen LogP contribution < -0.4 is 4.90 Å². The van der Waals surface area contributed by atoms with Crippen LogP contribution in [0.25, 0.3) is 0 Å². The smallest absolute Gasteiger partial charge is 0.305 e. The molecule has 0 amide bonds. The lowest BCUT2D eigenvalue weighted by molar-refractivity contribution is -0.146. The van der Waals surface area contributed by atoms with Gasteiger partial charge in [0.2, 0.25) is 0 Å². The van der Waals surface area contributed by atoms with E-state index in [-0.39, 0.29) is 12.6 Å². The van der Waals surface area contributed by atoms with Gasteiger partial charge in [0.25, 0.3) is 0 Å². The fourth-order valence-electron chi connectivity index (χ4n) is 1.69. The number of benzene rings is 1. The maximum absolute atomic E-state index is 11.2. The van der Waals surface area contributed by atoms with Crippen LogP contribution in [0.5, 0.6) is 0 Å². The Hall–Kier alpha value is -1.07. The summed E-state index contributed by atoms with van der Waals surface area (Å²) in [5.74, 6) is -0.259. The van der Waals surface area contributed by atoms with Gasteiger partial charge in [-0.2, -0.15) is 0 Å². The van der Waals surface area contributed by atoms with Crippen LogP contribution in [-0.2, 0) is 9.53 Å². The van der Waals surface area contributed by atoms with Crippen LogP contribution >= 0.6 is 15.9 Å². The standard InChI is InChI=1S/C14H20BrNO3/c1-3-6-14(18)19-10-11(17)9-16(2)13-8-5-4-7-12(13)15/h4-5,7-8,11,17H,3,6,9-10H2,1-2H3/t11-/m0/s1. The molecule has 0 aliphatic rings. The number of aliphatic hydroxyl groups excluding tert-OH is 1. The number of hydrogen-bond donors (Lipinski definition) is 1. The molecule has 0 spiro atoms. The highest BCUT2D eigenvalue weighted by Gasteiger charge is 2.13. The summed E-state index contributed by atoms with van der Waals surface area (Å²) in [6, 6.07) is 7.77. The van der Waals surface area contributed by atoms with Crippen molar-refractivity contribution in [1.82, 2.24) is 0 Å². The van der Waals surface area contributed by atoms with Crippen LogP contribution in [0.4, 0.5) is 5.69 Å². The second kappa shape index (κ2) is 8.17. The van der Waals surface area contributed by atoms with Gasteiger partial charge in [-0.25, -0.2) is 0 Å². The Bertz CT molecular complexity index is 411. The Labute approximate surface area is 122 Å². The average molecular weight is 330 g/mol. The highest BCUT2D eigenvalue weighted by atomic mass is 79.9. The summed E-state index contributed by atoms with van der Waals surface area (Å²) in [6.45, 7) is 2.36. The van der Waals surface area contributed by atoms with E-state index in [9.17, 15) is 9.90 Å². The van der Waals surface area contributed by atoms with Gasteiger partial charge in [0, 0.05) is 24.5 Å². The molecule has 1 N–H and O–H groups in total. The number of para-hydroxylation sites is 1. The first-order chi connectivity index (χ1) is 9.04. The molecule has 0 saturated carbocycles. The number of rotatable bonds is 7. The Morgan fingerprint density at radius 1 is 1.47 bits per heavy atom. The summed E-state index contributed by atoms with van der Waals surface area (Å²) < 4.78 is 5.95. The summed E-state index contributed by atoms with van der Waals surface area (Å²) in [6.07, 6.45) is 0.455. The highest BCUT2D eigenvalue weighted by Crippen LogP contribution is 2.24. The molecule has 19 heavy (non-hydrogen) atoms. The van der Waals surface area contributed by atoms with E-state index in [2.05, 4.69) is 15.9 Å². The van der Waals surface area contributed by atoms with Gasteiger partial charge in [0.05, 0.1) is 5.69 Å². The molecule has 4 nitrogen and oxygen atoms in total. The fourth-order valence-corrected chi connectivity index (χ4v) is 2.28. The second-order valence-electron chi connectivity index (χ2n) is 4.42. The Morgan fingerprint density at radius 3 is 2.79 bits per heavy atom. The number of nitrogens with zero attached hydrogens (tertiary/aromatic N) is 1. The molecule has 0 aliphatic carbocycles. The van der Waals surface area contributed by atoms with Crippen molar-refractivity contribution < 1.29 is 14.6 Å². The largest absolute Gasteiger partial charge is 0.463 e. The zero-order valence-electron chi connectivity index (χ0n) is 11.3. The summed E-state index contributed by atoms with van der Waals surface area (Å²) in [7, 11) is 1.89. The van der Waals surface area contributed by atoms with Crippen LogP contribution in [0.3, 0.4) is 0 Å². The lowest BCUT2D eigenvalue weighted by Gasteiger charge is -2.23. The van der Waals surface area contributed by atoms with E-state index in [1.807, 2.05) is 43.1 Å². The summed E-state index contributed by atoms with van der Waals surface area (Å²) in [4.78, 5) is 13.1. The van der Waals surface area contributed by atoms with Crippen molar-refractivity contribution in [3.05, 3.63) is 28.7 Å². The number of carbonyl (C=O) groups is 1. The van der Waals surface area contributed by atoms with Gasteiger partial charge in [-0.05, 0) is 34.5 Å². The summed E-state index contributed by atoms with van der Waals surface area (Å²) >= 11 is 3.46. The SMILES string of the molecule is CCCC(=O)OC[C@@H](O)CN(C)c1ccccc1Br. The minimum atomic E-state index is -0.696. The molecule has 106 valence electrons. The van der Waals surface area contributed by atoms with E-state index in [0.29, 0.717) is 13.0 Å². The number of anilines is 1. The predicted molar refractivity (Wildman–Crippen MR) is 79.3 cm³/mol. The van der Waals surface area contributed by atoms with Gasteiger partial charge in [0.15, 0.2) is 0 Å². The molecule has 0 saturated heterocycles. The molecule has 0 unspecified atom stereocenters. The van der Waals surface area contributed by atoms with Gasteiger partial charge in [-0.15, -0.1) is 0 Å². The van der Waals surface area contributed by atoms with Crippen molar-refractivity contribution in [3.8, 4) is 0 Å². The third-order valence-electron chi connectivity index (χ3n) is 2.64. The monoisotopic (exact) mass is 329 g/mol. The molecular weight excluding hydrogens is 310 g/mol. The topological polar surface area (TPSA) is 49.8 Å². The van der Waals surface area contributed by atoms with E-state index < -0.39 is 6.10 Å². The van der Waals surface area contributed by atoms with Crippen molar-refractivity contribution >= 4 is 27.6 Å². The van der Waals surface area contributed by atoms with Crippen molar-refractivity contribution in [1.29, 1.82) is 0 Å². The molecule has 1 atom stereocenters. The Balaban J connectivity index is 2.42. The zero-order valence-corrected chi connectivity index (χ0v) is 12.9. The van der Waals surface area contributed by atoms with E-state index >= 15 is 0 Å². The molecular formula is C14H20BrNO3. The van der Waals surface area contributed by atoms with Crippen molar-refractivity contribution in [2.45, 2.75) is 25.9 Å². The molecule has 1 aromatic carbocycles. The van der Waals surface area contributed by atoms with Crippen LogP contribution in [0, 0.1) is 0 Å². The van der Waals surface area contributed by atoms with Gasteiger partial charge < -0.3 is 14.7 Å². The number of hydrogen-bond acceptors (Lipinski definition) is 4. The maximum atomic E-state index is 11.2. The summed E-state index contributed by atoms with van der Waals surface area (Å²) in [5, 5.41) is 9.85. The number of aliphatic hydroxyl groups is 1. The van der Waals surface area contributed by atoms with Gasteiger partial charge in [0.1, 0.15) is 12.7 Å². The minimum Gasteiger partial charge on any atom is -0.463 e. The van der Waals surface area contributed by atoms with Crippen molar-refractivity contribution in [2.24, 2.45) is 0 Å². The molecule has 1 rings (SSSR count). The maximum Gasteiger partial charge on any atom is 0.305 e. The zero-order chi connectivity index (χ0) is 14.3. The fraction of sp³-hybridized carbons (Fsp3) is 0.500. The van der Waals surface area contributed by atoms with Crippen LogP contribution in [0.1, 0.15) is 19.8 Å². The molecule has 0 aromatic heterocycles. The lowest BCUT2D eigenvalue weighted by Crippen LogP contribution is -2.33. The van der Waals surface area contributed by atoms with Crippen molar-refractivity contribution in [3.63, 3.8) is 0 Å². The third kappa shape index (κ3) is 5.61. The van der Waals surface area contributed by atoms with Gasteiger partial charge >= 0.3 is 5.97 Å². The number of carbonyl (C=O) groups excluding carboxylic acids is 1. The van der Waals surface area contributed by atoms with E-state index in [4.69, 9.17) is 4.74 Å². The van der Waals surface area contributed by atoms with Crippen molar-refractivity contribution in [2.75, 3.05) is 25.1 Å². The number of halogens is 1. The predicted octanol–water partition coefficient (Wildman–Crippen LogP) is 2.59. The molecule has 0 radical (unpaired) electrons. The molecule has 0 aliphatic heterocycles. The van der Waals surface area contributed by atoms with Crippen LogP contribution in [0.2, 0.25) is 0 Å². The normalized spacial score (nSPS) is 12.0. The quantitative estimate of drug-likeness (QED) is 0.781. The molecule has 0 bridgehead atoms. The Morgan fingerprint density at radius 2 is 2.16 bits per heavy atom. The number of ether oxygens (including phenoxy) is 1. The molecule has 5 heteroatoms. The number of likely N-dealkylation sites (N-methyl/N-ethyl adjacent to an activating group) is 1. The summed E-state index contributed by atoms with van der Waals surface area (Å²) in [5.41, 5.74) is 0.987. The molecule has 1 aromatic rings. The van der Waals surface area contributed by atoms with E-state index in [0.717, 1.165) is 16.6 Å². The van der Waals surface area contributed by atoms with E-state index in [1.165, 1.54) is 0 Å². The van der Waals surface area contributed by atoms with Gasteiger partial charge in [-0.1, -0.05) is 19.1 Å². The first kappa shape index (κ1) is 16.0. The highest BCUT2D eigenvalue weighted by molar-refractivity contribution is 9.10. The molecule has 0 fully saturated rings. The average Bonchev–Trinajstić information content (AvgIpc) is 2.37. The van der Waals surface area contributed by atoms with Gasteiger partial charge in [-0.3, -0.25) is 4.79 Å². The lowest BCUT2D eigenvalue weighted by atomic mass is 10.2. The van der Waals surface area contributed by atoms with Crippen LogP contribution in [0.15, 0.2) is 28.7 Å². The number of esters is 1. The molecule has 0 heterocycles. The van der Waals surface area contributed by atoms with Crippen LogP contribution in [-0.4, -0.2) is 37.4 Å². The van der Waals surface area contributed by atoms with E-state index in [1.54, 1.807) is 0 Å². The third-order valence-corrected chi connectivity index (χ3v) is 3.31. The minimum absolute atomic E-state index is 0.0353. The second-order valence-corrected chi connectivity index (χ2v) is 5.27. The first-order valence-corrected chi connectivity index (χ1v) is 7.13.